The summed E-state index contributed by atoms with van der Waals surface area (Å²) in [6.45, 7) is 0. The first-order valence-corrected chi connectivity index (χ1v) is 4.38. The van der Waals surface area contributed by atoms with E-state index in [2.05, 4.69) is 4.74 Å². The molecule has 74 valence electrons. The molecule has 0 aliphatic heterocycles. The van der Waals surface area contributed by atoms with Crippen molar-refractivity contribution in [2.24, 2.45) is 0 Å². The fraction of sp³-hybridized carbons (Fsp3) is 0.111. The second kappa shape index (κ2) is 4.44. The van der Waals surface area contributed by atoms with Crippen LogP contribution in [0.5, 0.6) is 0 Å². The van der Waals surface area contributed by atoms with Gasteiger partial charge in [-0.25, -0.2) is 4.79 Å². The first-order chi connectivity index (χ1) is 6.60. The molecule has 0 radical (unpaired) electrons. The van der Waals surface area contributed by atoms with E-state index in [0.29, 0.717) is 6.29 Å². The number of benzene rings is 1. The zero-order valence-electron chi connectivity index (χ0n) is 7.21. The van der Waals surface area contributed by atoms with Crippen molar-refractivity contribution in [3.63, 3.8) is 0 Å². The third-order valence-electron chi connectivity index (χ3n) is 1.60. The second-order valence-electron chi connectivity index (χ2n) is 2.47. The minimum Gasteiger partial charge on any atom is -0.465 e. The van der Waals surface area contributed by atoms with Crippen LogP contribution >= 0.6 is 23.2 Å². The molecule has 5 heteroatoms. The van der Waals surface area contributed by atoms with Crippen LogP contribution in [0.3, 0.4) is 0 Å². The Bertz CT molecular complexity index is 388. The highest BCUT2D eigenvalue weighted by Crippen LogP contribution is 2.26. The van der Waals surface area contributed by atoms with Crippen molar-refractivity contribution in [3.8, 4) is 0 Å². The number of halogens is 2. The zero-order chi connectivity index (χ0) is 10.7. The average molecular weight is 233 g/mol. The first-order valence-electron chi connectivity index (χ1n) is 3.62. The first kappa shape index (κ1) is 11.0. The van der Waals surface area contributed by atoms with E-state index < -0.39 is 5.97 Å². The molecular weight excluding hydrogens is 227 g/mol. The standard InChI is InChI=1S/C9H6Cl2O3/c1-14-9(13)5-2-6(4-12)8(11)7(10)3-5/h2-4H,1H3. The van der Waals surface area contributed by atoms with Crippen LogP contribution in [-0.4, -0.2) is 19.4 Å². The number of rotatable bonds is 2. The highest BCUT2D eigenvalue weighted by molar-refractivity contribution is 6.43. The summed E-state index contributed by atoms with van der Waals surface area (Å²) in [5, 5.41) is 0.283. The average Bonchev–Trinajstić information content (AvgIpc) is 2.20. The predicted molar refractivity (Wildman–Crippen MR) is 53.2 cm³/mol. The van der Waals surface area contributed by atoms with Crippen LogP contribution < -0.4 is 0 Å². The highest BCUT2D eigenvalue weighted by Gasteiger charge is 2.12. The van der Waals surface area contributed by atoms with Gasteiger partial charge in [0.05, 0.1) is 22.7 Å². The molecule has 0 N–H and O–H groups in total. The molecule has 1 rings (SSSR count). The summed E-state index contributed by atoms with van der Waals surface area (Å²) in [6, 6.07) is 2.68. The minimum atomic E-state index is -0.563. The van der Waals surface area contributed by atoms with Gasteiger partial charge in [0, 0.05) is 5.56 Å². The predicted octanol–water partition coefficient (Wildman–Crippen LogP) is 2.59. The number of carbonyl (C=O) groups is 2. The molecule has 0 aliphatic rings. The Hall–Kier alpha value is -1.06. The van der Waals surface area contributed by atoms with E-state index in [0.717, 1.165) is 0 Å². The molecule has 0 spiro atoms. The van der Waals surface area contributed by atoms with Crippen molar-refractivity contribution in [2.45, 2.75) is 0 Å². The Morgan fingerprint density at radius 2 is 2.07 bits per heavy atom. The van der Waals surface area contributed by atoms with Crippen molar-refractivity contribution < 1.29 is 14.3 Å². The molecule has 0 fully saturated rings. The molecule has 0 atom stereocenters. The van der Waals surface area contributed by atoms with E-state index in [4.69, 9.17) is 23.2 Å². The van der Waals surface area contributed by atoms with Crippen LogP contribution in [0.2, 0.25) is 10.0 Å². The molecule has 0 aliphatic carbocycles. The maximum absolute atomic E-state index is 11.1. The highest BCUT2D eigenvalue weighted by atomic mass is 35.5. The monoisotopic (exact) mass is 232 g/mol. The Labute approximate surface area is 90.6 Å². The second-order valence-corrected chi connectivity index (χ2v) is 3.26. The molecule has 3 nitrogen and oxygen atoms in total. The normalized spacial score (nSPS) is 9.64. The van der Waals surface area contributed by atoms with Crippen LogP contribution in [0.1, 0.15) is 20.7 Å². The van der Waals surface area contributed by atoms with Gasteiger partial charge in [0.1, 0.15) is 0 Å². The van der Waals surface area contributed by atoms with Gasteiger partial charge in [0.15, 0.2) is 6.29 Å². The lowest BCUT2D eigenvalue weighted by Crippen LogP contribution is -2.02. The van der Waals surface area contributed by atoms with Gasteiger partial charge in [-0.15, -0.1) is 0 Å². The molecule has 14 heavy (non-hydrogen) atoms. The molecule has 1 aromatic rings. The van der Waals surface area contributed by atoms with Crippen LogP contribution in [0.25, 0.3) is 0 Å². The lowest BCUT2D eigenvalue weighted by atomic mass is 10.1. The van der Waals surface area contributed by atoms with E-state index in [9.17, 15) is 9.59 Å². The van der Waals surface area contributed by atoms with Gasteiger partial charge in [0.2, 0.25) is 0 Å². The van der Waals surface area contributed by atoms with Gasteiger partial charge in [-0.1, -0.05) is 23.2 Å². The van der Waals surface area contributed by atoms with Crippen LogP contribution in [0.15, 0.2) is 12.1 Å². The number of esters is 1. The Morgan fingerprint density at radius 1 is 1.43 bits per heavy atom. The molecule has 0 saturated carbocycles. The van der Waals surface area contributed by atoms with E-state index in [1.54, 1.807) is 0 Å². The molecule has 0 bridgehead atoms. The largest absolute Gasteiger partial charge is 0.465 e. The summed E-state index contributed by atoms with van der Waals surface area (Å²) >= 11 is 11.4. The van der Waals surface area contributed by atoms with Crippen LogP contribution in [0.4, 0.5) is 0 Å². The van der Waals surface area contributed by atoms with Crippen LogP contribution in [-0.2, 0) is 4.74 Å². The van der Waals surface area contributed by atoms with Gasteiger partial charge in [-0.2, -0.15) is 0 Å². The van der Waals surface area contributed by atoms with Crippen molar-refractivity contribution in [2.75, 3.05) is 7.11 Å². The van der Waals surface area contributed by atoms with Gasteiger partial charge in [0.25, 0.3) is 0 Å². The van der Waals surface area contributed by atoms with Crippen molar-refractivity contribution in [3.05, 3.63) is 33.3 Å². The maximum atomic E-state index is 11.1. The number of hydrogen-bond acceptors (Lipinski definition) is 3. The molecule has 0 heterocycles. The summed E-state index contributed by atoms with van der Waals surface area (Å²) < 4.78 is 4.47. The Balaban J connectivity index is 3.29. The summed E-state index contributed by atoms with van der Waals surface area (Å²) in [5.74, 6) is -0.563. The quantitative estimate of drug-likeness (QED) is 0.582. The number of carbonyl (C=O) groups excluding carboxylic acids is 2. The van der Waals surface area contributed by atoms with Crippen molar-refractivity contribution in [1.82, 2.24) is 0 Å². The van der Waals surface area contributed by atoms with Gasteiger partial charge in [-0.3, -0.25) is 4.79 Å². The van der Waals surface area contributed by atoms with E-state index >= 15 is 0 Å². The minimum absolute atomic E-state index is 0.134. The van der Waals surface area contributed by atoms with Gasteiger partial charge in [-0.05, 0) is 12.1 Å². The van der Waals surface area contributed by atoms with Crippen LogP contribution in [0, 0.1) is 0 Å². The third kappa shape index (κ3) is 2.05. The molecule has 0 aromatic heterocycles. The molecule has 0 unspecified atom stereocenters. The molecule has 1 aromatic carbocycles. The van der Waals surface area contributed by atoms with E-state index in [1.807, 2.05) is 0 Å². The van der Waals surface area contributed by atoms with Gasteiger partial charge < -0.3 is 4.74 Å². The summed E-state index contributed by atoms with van der Waals surface area (Å²) in [7, 11) is 1.24. The fourth-order valence-corrected chi connectivity index (χ4v) is 1.31. The Morgan fingerprint density at radius 3 is 2.57 bits per heavy atom. The number of ether oxygens (including phenoxy) is 1. The SMILES string of the molecule is COC(=O)c1cc(Cl)c(Cl)c(C=O)c1. The zero-order valence-corrected chi connectivity index (χ0v) is 8.72. The topological polar surface area (TPSA) is 43.4 Å². The fourth-order valence-electron chi connectivity index (χ4n) is 0.932. The molecule has 0 saturated heterocycles. The summed E-state index contributed by atoms with van der Waals surface area (Å²) in [4.78, 5) is 21.7. The summed E-state index contributed by atoms with van der Waals surface area (Å²) in [5.41, 5.74) is 0.364. The lowest BCUT2D eigenvalue weighted by molar-refractivity contribution is 0.0600. The lowest BCUT2D eigenvalue weighted by Gasteiger charge is -2.03. The molecule has 0 amide bonds. The van der Waals surface area contributed by atoms with Gasteiger partial charge >= 0.3 is 5.97 Å². The van der Waals surface area contributed by atoms with E-state index in [1.165, 1.54) is 19.2 Å². The summed E-state index contributed by atoms with van der Waals surface area (Å²) in [6.07, 6.45) is 0.528. The number of methoxy groups -OCH3 is 1. The van der Waals surface area contributed by atoms with Crippen molar-refractivity contribution >= 4 is 35.5 Å². The third-order valence-corrected chi connectivity index (χ3v) is 2.42. The van der Waals surface area contributed by atoms with E-state index in [-0.39, 0.29) is 21.2 Å². The molecular formula is C9H6Cl2O3. The number of hydrogen-bond donors (Lipinski definition) is 0. The van der Waals surface area contributed by atoms with Crippen molar-refractivity contribution in [1.29, 1.82) is 0 Å². The maximum Gasteiger partial charge on any atom is 0.337 e. The smallest absolute Gasteiger partial charge is 0.337 e. The number of aldehydes is 1. The Kier molecular flexibility index (Phi) is 3.49.